The predicted molar refractivity (Wildman–Crippen MR) is 75.8 cm³/mol. The highest BCUT2D eigenvalue weighted by Gasteiger charge is 2.20. The van der Waals surface area contributed by atoms with Crippen LogP contribution in [0.1, 0.15) is 24.2 Å². The summed E-state index contributed by atoms with van der Waals surface area (Å²) in [4.78, 5) is 12.3. The van der Waals surface area contributed by atoms with Crippen LogP contribution in [0.15, 0.2) is 18.2 Å². The first kappa shape index (κ1) is 15.4. The molecule has 0 saturated heterocycles. The largest absolute Gasteiger partial charge is 0.494 e. The smallest absolute Gasteiger partial charge is 0.251 e. The van der Waals surface area contributed by atoms with Crippen molar-refractivity contribution in [3.05, 3.63) is 29.6 Å². The van der Waals surface area contributed by atoms with Crippen molar-refractivity contribution >= 4 is 23.1 Å². The molecule has 0 aromatic heterocycles. The average molecular weight is 284 g/mol. The Kier molecular flexibility index (Phi) is 5.23. The van der Waals surface area contributed by atoms with Crippen LogP contribution in [0.5, 0.6) is 5.75 Å². The number of rotatable bonds is 5. The first-order chi connectivity index (χ1) is 8.86. The fraction of sp³-hybridized carbons (Fsp3) is 0.385. The van der Waals surface area contributed by atoms with Gasteiger partial charge in [-0.3, -0.25) is 4.79 Å². The lowest BCUT2D eigenvalue weighted by Gasteiger charge is -2.21. The van der Waals surface area contributed by atoms with Gasteiger partial charge in [0.25, 0.3) is 5.91 Å². The molecule has 0 aliphatic heterocycles. The molecule has 0 bridgehead atoms. The molecule has 1 aromatic carbocycles. The minimum atomic E-state index is -0.520. The second-order valence-corrected chi connectivity index (χ2v) is 4.92. The van der Waals surface area contributed by atoms with Crippen molar-refractivity contribution in [3.8, 4) is 5.75 Å². The molecule has 0 aliphatic carbocycles. The van der Waals surface area contributed by atoms with Gasteiger partial charge in [0.15, 0.2) is 11.6 Å². The van der Waals surface area contributed by atoms with Gasteiger partial charge >= 0.3 is 0 Å². The maximum Gasteiger partial charge on any atom is 0.251 e. The lowest BCUT2D eigenvalue weighted by Crippen LogP contribution is -2.46. The average Bonchev–Trinajstić information content (AvgIpc) is 2.35. The maximum atomic E-state index is 13.3. The van der Waals surface area contributed by atoms with Crippen molar-refractivity contribution in [2.24, 2.45) is 11.7 Å². The Bertz CT molecular complexity index is 492. The van der Waals surface area contributed by atoms with E-state index in [4.69, 9.17) is 22.7 Å². The summed E-state index contributed by atoms with van der Waals surface area (Å²) in [5.74, 6) is -0.800. The third kappa shape index (κ3) is 3.89. The maximum absolute atomic E-state index is 13.3. The minimum absolute atomic E-state index is 0.0177. The summed E-state index contributed by atoms with van der Waals surface area (Å²) in [5.41, 5.74) is 5.87. The molecule has 3 N–H and O–H groups in total. The highest BCUT2D eigenvalue weighted by Crippen LogP contribution is 2.18. The number of carbonyl (C=O) groups is 1. The molecule has 0 heterocycles. The third-order valence-electron chi connectivity index (χ3n) is 2.67. The highest BCUT2D eigenvalue weighted by molar-refractivity contribution is 7.80. The van der Waals surface area contributed by atoms with E-state index in [9.17, 15) is 9.18 Å². The van der Waals surface area contributed by atoms with E-state index in [1.807, 2.05) is 13.8 Å². The van der Waals surface area contributed by atoms with Crippen molar-refractivity contribution < 1.29 is 13.9 Å². The van der Waals surface area contributed by atoms with Gasteiger partial charge in [0, 0.05) is 5.56 Å². The van der Waals surface area contributed by atoms with Crippen molar-refractivity contribution in [1.82, 2.24) is 5.32 Å². The Morgan fingerprint density at radius 2 is 2.11 bits per heavy atom. The van der Waals surface area contributed by atoms with Gasteiger partial charge in [-0.05, 0) is 24.1 Å². The quantitative estimate of drug-likeness (QED) is 0.810. The first-order valence-electron chi connectivity index (χ1n) is 5.80. The fourth-order valence-electron chi connectivity index (χ4n) is 1.59. The zero-order valence-corrected chi connectivity index (χ0v) is 11.9. The number of thiocarbonyl (C=S) groups is 1. The zero-order chi connectivity index (χ0) is 14.6. The van der Waals surface area contributed by atoms with Gasteiger partial charge in [0.1, 0.15) is 0 Å². The summed E-state index contributed by atoms with van der Waals surface area (Å²) in [5, 5.41) is 2.72. The number of methoxy groups -OCH3 is 1. The lowest BCUT2D eigenvalue weighted by atomic mass is 10.0. The number of benzene rings is 1. The molecule has 1 aromatic rings. The van der Waals surface area contributed by atoms with Gasteiger partial charge in [0.2, 0.25) is 0 Å². The summed E-state index contributed by atoms with van der Waals surface area (Å²) in [6.07, 6.45) is 0. The van der Waals surface area contributed by atoms with E-state index >= 15 is 0 Å². The Labute approximate surface area is 117 Å². The first-order valence-corrected chi connectivity index (χ1v) is 6.21. The number of carbonyl (C=O) groups excluding carboxylic acids is 1. The standard InChI is InChI=1S/C13H17FN2O2S/c1-7(2)11(12(15)19)16-13(17)8-4-5-9(14)10(6-8)18-3/h4-7,11H,1-3H3,(H2,15,19)(H,16,17). The van der Waals surface area contributed by atoms with E-state index in [1.165, 1.54) is 25.3 Å². The van der Waals surface area contributed by atoms with Crippen LogP contribution in [0.3, 0.4) is 0 Å². The zero-order valence-electron chi connectivity index (χ0n) is 11.1. The minimum Gasteiger partial charge on any atom is -0.494 e. The number of hydrogen-bond donors (Lipinski definition) is 2. The number of hydrogen-bond acceptors (Lipinski definition) is 3. The normalized spacial score (nSPS) is 12.1. The molecule has 19 heavy (non-hydrogen) atoms. The molecule has 104 valence electrons. The van der Waals surface area contributed by atoms with Crippen molar-refractivity contribution in [1.29, 1.82) is 0 Å². The second-order valence-electron chi connectivity index (χ2n) is 4.45. The summed E-state index contributed by atoms with van der Waals surface area (Å²) < 4.78 is 18.1. The topological polar surface area (TPSA) is 64.3 Å². The van der Waals surface area contributed by atoms with E-state index in [0.717, 1.165) is 0 Å². The molecule has 4 nitrogen and oxygen atoms in total. The molecular weight excluding hydrogens is 267 g/mol. The van der Waals surface area contributed by atoms with Gasteiger partial charge in [-0.1, -0.05) is 26.1 Å². The Hall–Kier alpha value is -1.69. The van der Waals surface area contributed by atoms with E-state index in [0.29, 0.717) is 5.56 Å². The van der Waals surface area contributed by atoms with Crippen molar-refractivity contribution in [3.63, 3.8) is 0 Å². The summed E-state index contributed by atoms with van der Waals surface area (Å²) in [7, 11) is 1.34. The van der Waals surface area contributed by atoms with Crippen LogP contribution in [0.4, 0.5) is 4.39 Å². The molecule has 0 aliphatic rings. The van der Waals surface area contributed by atoms with Crippen LogP contribution in [0.2, 0.25) is 0 Å². The van der Waals surface area contributed by atoms with E-state index < -0.39 is 11.9 Å². The molecule has 1 atom stereocenters. The third-order valence-corrected chi connectivity index (χ3v) is 2.93. The molecule has 1 unspecified atom stereocenters. The number of halogens is 1. The molecule has 0 spiro atoms. The molecule has 1 amide bonds. The van der Waals surface area contributed by atoms with Crippen LogP contribution >= 0.6 is 12.2 Å². The van der Waals surface area contributed by atoms with Crippen molar-refractivity contribution in [2.75, 3.05) is 7.11 Å². The Morgan fingerprint density at radius 3 is 2.58 bits per heavy atom. The summed E-state index contributed by atoms with van der Waals surface area (Å²) in [6.45, 7) is 3.80. The van der Waals surface area contributed by atoms with Crippen LogP contribution in [-0.2, 0) is 0 Å². The Morgan fingerprint density at radius 1 is 1.47 bits per heavy atom. The number of nitrogens with one attached hydrogen (secondary N) is 1. The van der Waals surface area contributed by atoms with E-state index in [2.05, 4.69) is 5.32 Å². The number of nitrogens with two attached hydrogens (primary N) is 1. The Balaban J connectivity index is 2.91. The van der Waals surface area contributed by atoms with Crippen LogP contribution in [0.25, 0.3) is 0 Å². The molecule has 0 saturated carbocycles. The highest BCUT2D eigenvalue weighted by atomic mass is 32.1. The van der Waals surface area contributed by atoms with E-state index in [-0.39, 0.29) is 22.6 Å². The lowest BCUT2D eigenvalue weighted by molar-refractivity contribution is 0.0939. The van der Waals surface area contributed by atoms with Gasteiger partial charge in [0.05, 0.1) is 18.1 Å². The SMILES string of the molecule is COc1cc(C(=O)NC(C(N)=S)C(C)C)ccc1F. The van der Waals surface area contributed by atoms with Gasteiger partial charge in [-0.15, -0.1) is 0 Å². The molecule has 1 rings (SSSR count). The van der Waals surface area contributed by atoms with Crippen molar-refractivity contribution in [2.45, 2.75) is 19.9 Å². The van der Waals surface area contributed by atoms with Crippen LogP contribution in [-0.4, -0.2) is 24.0 Å². The van der Waals surface area contributed by atoms with Gasteiger partial charge < -0.3 is 15.8 Å². The van der Waals surface area contributed by atoms with Crippen LogP contribution < -0.4 is 15.8 Å². The van der Waals surface area contributed by atoms with Gasteiger partial charge in [-0.25, -0.2) is 4.39 Å². The predicted octanol–water partition coefficient (Wildman–Crippen LogP) is 1.87. The summed E-state index contributed by atoms with van der Waals surface area (Å²) >= 11 is 4.91. The molecule has 0 fully saturated rings. The van der Waals surface area contributed by atoms with E-state index in [1.54, 1.807) is 0 Å². The second kappa shape index (κ2) is 6.47. The monoisotopic (exact) mass is 284 g/mol. The molecular formula is C13H17FN2O2S. The molecule has 6 heteroatoms. The number of amides is 1. The number of ether oxygens (including phenoxy) is 1. The summed E-state index contributed by atoms with van der Waals surface area (Å²) in [6, 6.07) is 3.49. The fourth-order valence-corrected chi connectivity index (χ4v) is 1.92. The molecule has 0 radical (unpaired) electrons. The van der Waals surface area contributed by atoms with Gasteiger partial charge in [-0.2, -0.15) is 0 Å². The van der Waals surface area contributed by atoms with Crippen LogP contribution in [0, 0.1) is 11.7 Å².